The zero-order valence-electron chi connectivity index (χ0n) is 11.6. The van der Waals surface area contributed by atoms with Gasteiger partial charge in [-0.3, -0.25) is 0 Å². The van der Waals surface area contributed by atoms with Crippen molar-refractivity contribution >= 4 is 11.6 Å². The summed E-state index contributed by atoms with van der Waals surface area (Å²) in [5.74, 6) is 0.724. The zero-order chi connectivity index (χ0) is 13.1. The summed E-state index contributed by atoms with van der Waals surface area (Å²) in [6, 6.07) is 9.92. The molecule has 2 saturated carbocycles. The van der Waals surface area contributed by atoms with Crippen LogP contribution >= 0.6 is 11.6 Å². The summed E-state index contributed by atoms with van der Waals surface area (Å²) in [6.07, 6.45) is 11.1. The molecule has 1 aromatic carbocycles. The number of rotatable bonds is 3. The molecule has 0 aromatic heterocycles. The van der Waals surface area contributed by atoms with Gasteiger partial charge in [-0.05, 0) is 49.3 Å². The van der Waals surface area contributed by atoms with Gasteiger partial charge in [0, 0.05) is 17.1 Å². The van der Waals surface area contributed by atoms with Gasteiger partial charge < -0.3 is 5.32 Å². The van der Waals surface area contributed by atoms with E-state index in [1.165, 1.54) is 56.9 Å². The lowest BCUT2D eigenvalue weighted by Gasteiger charge is -2.39. The van der Waals surface area contributed by atoms with E-state index in [-0.39, 0.29) is 0 Å². The largest absolute Gasteiger partial charge is 0.311 e. The van der Waals surface area contributed by atoms with Gasteiger partial charge in [0.05, 0.1) is 0 Å². The maximum atomic E-state index is 6.06. The highest BCUT2D eigenvalue weighted by Gasteiger charge is 2.31. The molecule has 0 spiro atoms. The van der Waals surface area contributed by atoms with Crippen molar-refractivity contribution in [2.24, 2.45) is 0 Å². The first-order chi connectivity index (χ1) is 9.31. The van der Waals surface area contributed by atoms with Crippen molar-refractivity contribution < 1.29 is 0 Å². The fourth-order valence-corrected chi connectivity index (χ4v) is 3.76. The average molecular weight is 278 g/mol. The van der Waals surface area contributed by atoms with Gasteiger partial charge in [0.1, 0.15) is 0 Å². The lowest BCUT2D eigenvalue weighted by molar-refractivity contribution is 0.254. The molecule has 0 bridgehead atoms. The quantitative estimate of drug-likeness (QED) is 0.775. The predicted octanol–water partition coefficient (Wildman–Crippen LogP) is 4.90. The number of nitrogens with one attached hydrogen (secondary N) is 1. The number of hydrogen-bond donors (Lipinski definition) is 1. The topological polar surface area (TPSA) is 12.0 Å². The number of hydrogen-bond acceptors (Lipinski definition) is 1. The Bertz CT molecular complexity index is 403. The molecular weight excluding hydrogens is 254 g/mol. The molecule has 0 aliphatic heterocycles. The van der Waals surface area contributed by atoms with Crippen LogP contribution in [-0.2, 0) is 0 Å². The first kappa shape index (κ1) is 13.5. The third-order valence-electron chi connectivity index (χ3n) is 4.78. The molecule has 0 heterocycles. The summed E-state index contributed by atoms with van der Waals surface area (Å²) in [5, 5.41) is 4.75. The minimum absolute atomic E-state index is 0.724. The van der Waals surface area contributed by atoms with Crippen LogP contribution in [0.1, 0.15) is 62.8 Å². The Morgan fingerprint density at radius 2 is 1.68 bits per heavy atom. The summed E-state index contributed by atoms with van der Waals surface area (Å²) >= 11 is 6.06. The third-order valence-corrected chi connectivity index (χ3v) is 5.02. The van der Waals surface area contributed by atoms with Crippen LogP contribution in [0, 0.1) is 0 Å². The van der Waals surface area contributed by atoms with E-state index in [9.17, 15) is 0 Å². The van der Waals surface area contributed by atoms with E-state index in [1.54, 1.807) is 0 Å². The lowest BCUT2D eigenvalue weighted by Crippen LogP contribution is -2.45. The van der Waals surface area contributed by atoms with E-state index < -0.39 is 0 Å². The summed E-state index contributed by atoms with van der Waals surface area (Å²) in [6.45, 7) is 0. The van der Waals surface area contributed by atoms with Crippen LogP contribution in [0.2, 0.25) is 5.02 Å². The van der Waals surface area contributed by atoms with E-state index in [0.29, 0.717) is 0 Å². The Morgan fingerprint density at radius 1 is 0.947 bits per heavy atom. The SMILES string of the molecule is Clc1cccc(C2CC(NC3CCCCCC3)C2)c1. The van der Waals surface area contributed by atoms with Crippen molar-refractivity contribution in [1.29, 1.82) is 0 Å². The van der Waals surface area contributed by atoms with E-state index in [4.69, 9.17) is 11.6 Å². The van der Waals surface area contributed by atoms with Crippen LogP contribution in [0.3, 0.4) is 0 Å². The molecule has 104 valence electrons. The zero-order valence-corrected chi connectivity index (χ0v) is 12.3. The molecular formula is C17H24ClN. The van der Waals surface area contributed by atoms with Gasteiger partial charge in [-0.15, -0.1) is 0 Å². The van der Waals surface area contributed by atoms with Crippen LogP contribution in [-0.4, -0.2) is 12.1 Å². The molecule has 2 heteroatoms. The molecule has 0 saturated heterocycles. The maximum Gasteiger partial charge on any atom is 0.0408 e. The van der Waals surface area contributed by atoms with E-state index >= 15 is 0 Å². The van der Waals surface area contributed by atoms with Crippen molar-refractivity contribution in [3.63, 3.8) is 0 Å². The monoisotopic (exact) mass is 277 g/mol. The minimum Gasteiger partial charge on any atom is -0.311 e. The van der Waals surface area contributed by atoms with Gasteiger partial charge in [-0.25, -0.2) is 0 Å². The number of benzene rings is 1. The molecule has 2 aliphatic rings. The molecule has 0 amide bonds. The second kappa shape index (κ2) is 6.28. The summed E-state index contributed by atoms with van der Waals surface area (Å²) in [5.41, 5.74) is 1.42. The van der Waals surface area contributed by atoms with Crippen molar-refractivity contribution in [2.45, 2.75) is 69.4 Å². The Morgan fingerprint density at radius 3 is 2.37 bits per heavy atom. The minimum atomic E-state index is 0.724. The standard InChI is InChI=1S/C17H24ClN/c18-15-7-5-6-13(10-15)14-11-17(12-14)19-16-8-3-1-2-4-9-16/h5-7,10,14,16-17,19H,1-4,8-9,11-12H2. The molecule has 0 unspecified atom stereocenters. The van der Waals surface area contributed by atoms with Gasteiger partial charge in [0.2, 0.25) is 0 Å². The molecule has 19 heavy (non-hydrogen) atoms. The fraction of sp³-hybridized carbons (Fsp3) is 0.647. The highest BCUT2D eigenvalue weighted by Crippen LogP contribution is 2.38. The van der Waals surface area contributed by atoms with Crippen LogP contribution in [0.4, 0.5) is 0 Å². The van der Waals surface area contributed by atoms with Crippen molar-refractivity contribution in [3.8, 4) is 0 Å². The molecule has 0 radical (unpaired) electrons. The van der Waals surface area contributed by atoms with Gasteiger partial charge in [-0.2, -0.15) is 0 Å². The Hall–Kier alpha value is -0.530. The van der Waals surface area contributed by atoms with Crippen LogP contribution in [0.15, 0.2) is 24.3 Å². The molecule has 1 nitrogen and oxygen atoms in total. The van der Waals surface area contributed by atoms with E-state index in [0.717, 1.165) is 23.0 Å². The predicted molar refractivity (Wildman–Crippen MR) is 81.8 cm³/mol. The Labute approximate surface area is 121 Å². The highest BCUT2D eigenvalue weighted by molar-refractivity contribution is 6.30. The van der Waals surface area contributed by atoms with Gasteiger partial charge >= 0.3 is 0 Å². The van der Waals surface area contributed by atoms with Crippen molar-refractivity contribution in [2.75, 3.05) is 0 Å². The summed E-state index contributed by atoms with van der Waals surface area (Å²) < 4.78 is 0. The summed E-state index contributed by atoms with van der Waals surface area (Å²) in [4.78, 5) is 0. The molecule has 2 aliphatic carbocycles. The van der Waals surface area contributed by atoms with E-state index in [2.05, 4.69) is 23.5 Å². The first-order valence-corrected chi connectivity index (χ1v) is 8.20. The van der Waals surface area contributed by atoms with Crippen LogP contribution in [0.25, 0.3) is 0 Å². The molecule has 2 fully saturated rings. The fourth-order valence-electron chi connectivity index (χ4n) is 3.57. The van der Waals surface area contributed by atoms with E-state index in [1.807, 2.05) is 6.07 Å². The highest BCUT2D eigenvalue weighted by atomic mass is 35.5. The lowest BCUT2D eigenvalue weighted by atomic mass is 9.75. The third kappa shape index (κ3) is 3.52. The Kier molecular flexibility index (Phi) is 4.45. The normalized spacial score (nSPS) is 28.7. The average Bonchev–Trinajstić information content (AvgIpc) is 2.61. The van der Waals surface area contributed by atoms with Crippen molar-refractivity contribution in [1.82, 2.24) is 5.32 Å². The second-order valence-electron chi connectivity index (χ2n) is 6.28. The molecule has 1 aromatic rings. The van der Waals surface area contributed by atoms with Crippen LogP contribution in [0.5, 0.6) is 0 Å². The molecule has 1 N–H and O–H groups in total. The molecule has 3 rings (SSSR count). The second-order valence-corrected chi connectivity index (χ2v) is 6.71. The van der Waals surface area contributed by atoms with Crippen LogP contribution < -0.4 is 5.32 Å². The molecule has 0 atom stereocenters. The van der Waals surface area contributed by atoms with Crippen molar-refractivity contribution in [3.05, 3.63) is 34.9 Å². The summed E-state index contributed by atoms with van der Waals surface area (Å²) in [7, 11) is 0. The van der Waals surface area contributed by atoms with Gasteiger partial charge in [-0.1, -0.05) is 49.4 Å². The van der Waals surface area contributed by atoms with Gasteiger partial charge in [0.25, 0.3) is 0 Å². The number of halogens is 1. The Balaban J connectivity index is 1.47. The smallest absolute Gasteiger partial charge is 0.0408 e. The first-order valence-electron chi connectivity index (χ1n) is 7.83. The maximum absolute atomic E-state index is 6.06. The van der Waals surface area contributed by atoms with Gasteiger partial charge in [0.15, 0.2) is 0 Å².